The van der Waals surface area contributed by atoms with Gasteiger partial charge in [-0.05, 0) is 62.9 Å². The Labute approximate surface area is 217 Å². The summed E-state index contributed by atoms with van der Waals surface area (Å²) < 4.78 is 27.3. The average Bonchev–Trinajstić information content (AvgIpc) is 3.30. The second-order valence-electron chi connectivity index (χ2n) is 9.38. The lowest BCUT2D eigenvalue weighted by Gasteiger charge is -2.32. The number of hydrogen-bond donors (Lipinski definition) is 1. The molecular formula is C26H34BrN3O4S. The number of benzene rings is 2. The zero-order chi connectivity index (χ0) is 25.8. The predicted octanol–water partition coefficient (Wildman–Crippen LogP) is 4.31. The quantitative estimate of drug-likeness (QED) is 0.492. The van der Waals surface area contributed by atoms with Gasteiger partial charge in [-0.25, -0.2) is 8.42 Å². The van der Waals surface area contributed by atoms with Gasteiger partial charge in [0, 0.05) is 17.1 Å². The van der Waals surface area contributed by atoms with Crippen LogP contribution in [-0.4, -0.2) is 50.0 Å². The van der Waals surface area contributed by atoms with Crippen molar-refractivity contribution < 1.29 is 18.0 Å². The molecule has 0 saturated heterocycles. The van der Waals surface area contributed by atoms with Gasteiger partial charge >= 0.3 is 0 Å². The first-order valence-corrected chi connectivity index (χ1v) is 14.5. The van der Waals surface area contributed by atoms with Gasteiger partial charge in [-0.1, -0.05) is 58.6 Å². The molecule has 0 unspecified atom stereocenters. The van der Waals surface area contributed by atoms with Crippen molar-refractivity contribution in [3.63, 3.8) is 0 Å². The zero-order valence-corrected chi connectivity index (χ0v) is 23.2. The summed E-state index contributed by atoms with van der Waals surface area (Å²) in [4.78, 5) is 28.2. The largest absolute Gasteiger partial charge is 0.352 e. The van der Waals surface area contributed by atoms with E-state index in [-0.39, 0.29) is 18.5 Å². The van der Waals surface area contributed by atoms with Crippen molar-refractivity contribution in [2.24, 2.45) is 0 Å². The van der Waals surface area contributed by atoms with E-state index < -0.39 is 28.5 Å². The Hall–Kier alpha value is -2.39. The number of rotatable bonds is 9. The van der Waals surface area contributed by atoms with Crippen LogP contribution in [0.4, 0.5) is 5.69 Å². The van der Waals surface area contributed by atoms with Crippen molar-refractivity contribution in [1.29, 1.82) is 0 Å². The maximum absolute atomic E-state index is 13.6. The van der Waals surface area contributed by atoms with Gasteiger partial charge in [-0.15, -0.1) is 0 Å². The van der Waals surface area contributed by atoms with Crippen LogP contribution in [-0.2, 0) is 26.2 Å². The molecule has 7 nitrogen and oxygen atoms in total. The van der Waals surface area contributed by atoms with Gasteiger partial charge in [0.2, 0.25) is 21.8 Å². The molecule has 1 saturated carbocycles. The molecule has 0 radical (unpaired) electrons. The number of amides is 2. The molecule has 0 spiro atoms. The minimum Gasteiger partial charge on any atom is -0.352 e. The Bertz CT molecular complexity index is 1160. The number of nitrogens with zero attached hydrogens (tertiary/aromatic N) is 2. The number of carbonyl (C=O) groups excluding carboxylic acids is 2. The molecule has 2 aromatic rings. The number of nitrogens with one attached hydrogen (secondary N) is 1. The van der Waals surface area contributed by atoms with E-state index in [4.69, 9.17) is 0 Å². The van der Waals surface area contributed by atoms with Gasteiger partial charge in [0.15, 0.2) is 0 Å². The van der Waals surface area contributed by atoms with Crippen LogP contribution in [0.3, 0.4) is 0 Å². The predicted molar refractivity (Wildman–Crippen MR) is 143 cm³/mol. The third-order valence-electron chi connectivity index (χ3n) is 6.45. The molecule has 190 valence electrons. The molecule has 1 N–H and O–H groups in total. The van der Waals surface area contributed by atoms with Gasteiger partial charge in [-0.2, -0.15) is 0 Å². The monoisotopic (exact) mass is 563 g/mol. The average molecular weight is 565 g/mol. The SMILES string of the molecule is Cc1ccc(CN(C(=O)CN(c2ccc(Br)c(C)c2)S(C)(=O)=O)[C@H](C)C(=O)NC2CCCC2)cc1. The van der Waals surface area contributed by atoms with Crippen LogP contribution in [0.15, 0.2) is 46.9 Å². The van der Waals surface area contributed by atoms with Crippen molar-refractivity contribution >= 4 is 43.5 Å². The molecule has 9 heteroatoms. The molecule has 2 amide bonds. The van der Waals surface area contributed by atoms with Crippen LogP contribution in [0.2, 0.25) is 0 Å². The van der Waals surface area contributed by atoms with Crippen LogP contribution >= 0.6 is 15.9 Å². The first-order valence-electron chi connectivity index (χ1n) is 11.8. The number of carbonyl (C=O) groups is 2. The van der Waals surface area contributed by atoms with Gasteiger partial charge in [0.05, 0.1) is 11.9 Å². The fraction of sp³-hybridized carbons (Fsp3) is 0.462. The van der Waals surface area contributed by atoms with Gasteiger partial charge in [0.25, 0.3) is 0 Å². The normalized spacial score (nSPS) is 15.0. The number of hydrogen-bond acceptors (Lipinski definition) is 4. The molecule has 0 heterocycles. The van der Waals surface area contributed by atoms with E-state index in [1.807, 2.05) is 38.1 Å². The van der Waals surface area contributed by atoms with Crippen LogP contribution in [0.25, 0.3) is 0 Å². The summed E-state index contributed by atoms with van der Waals surface area (Å²) in [5, 5.41) is 3.07. The minimum atomic E-state index is -3.75. The third kappa shape index (κ3) is 7.30. The molecule has 0 bridgehead atoms. The first-order chi connectivity index (χ1) is 16.5. The Morgan fingerprint density at radius 3 is 2.29 bits per heavy atom. The van der Waals surface area contributed by atoms with E-state index in [1.54, 1.807) is 25.1 Å². The highest BCUT2D eigenvalue weighted by molar-refractivity contribution is 9.10. The zero-order valence-electron chi connectivity index (χ0n) is 20.8. The smallest absolute Gasteiger partial charge is 0.244 e. The van der Waals surface area contributed by atoms with Crippen LogP contribution in [0.1, 0.15) is 49.3 Å². The van der Waals surface area contributed by atoms with Gasteiger partial charge in [-0.3, -0.25) is 13.9 Å². The van der Waals surface area contributed by atoms with E-state index in [2.05, 4.69) is 21.2 Å². The van der Waals surface area contributed by atoms with Crippen LogP contribution in [0, 0.1) is 13.8 Å². The lowest BCUT2D eigenvalue weighted by molar-refractivity contribution is -0.139. The molecule has 1 aliphatic rings. The van der Waals surface area contributed by atoms with Crippen molar-refractivity contribution in [3.05, 3.63) is 63.6 Å². The molecule has 0 aliphatic heterocycles. The number of aryl methyl sites for hydroxylation is 2. The van der Waals surface area contributed by atoms with Gasteiger partial charge in [0.1, 0.15) is 12.6 Å². The van der Waals surface area contributed by atoms with Crippen molar-refractivity contribution in [2.75, 3.05) is 17.1 Å². The van der Waals surface area contributed by atoms with Gasteiger partial charge < -0.3 is 10.2 Å². The molecule has 0 aromatic heterocycles. The summed E-state index contributed by atoms with van der Waals surface area (Å²) in [5.41, 5.74) is 3.21. The maximum atomic E-state index is 13.6. The lowest BCUT2D eigenvalue weighted by Crippen LogP contribution is -2.52. The fourth-order valence-corrected chi connectivity index (χ4v) is 5.35. The third-order valence-corrected chi connectivity index (χ3v) is 8.48. The summed E-state index contributed by atoms with van der Waals surface area (Å²) >= 11 is 3.43. The summed E-state index contributed by atoms with van der Waals surface area (Å²) in [7, 11) is -3.75. The van der Waals surface area contributed by atoms with E-state index in [0.717, 1.165) is 57.4 Å². The first kappa shape index (κ1) is 27.2. The Morgan fingerprint density at radius 1 is 1.09 bits per heavy atom. The second kappa shape index (κ2) is 11.6. The van der Waals surface area contributed by atoms with Crippen molar-refractivity contribution in [3.8, 4) is 0 Å². The summed E-state index contributed by atoms with van der Waals surface area (Å²) in [6.45, 7) is 5.34. The highest BCUT2D eigenvalue weighted by Gasteiger charge is 2.31. The highest BCUT2D eigenvalue weighted by atomic mass is 79.9. The summed E-state index contributed by atoms with van der Waals surface area (Å²) in [6.07, 6.45) is 5.13. The summed E-state index contributed by atoms with van der Waals surface area (Å²) in [5.74, 6) is -0.659. The Morgan fingerprint density at radius 2 is 1.71 bits per heavy atom. The van der Waals surface area contributed by atoms with E-state index in [0.29, 0.717) is 5.69 Å². The van der Waals surface area contributed by atoms with Crippen molar-refractivity contribution in [1.82, 2.24) is 10.2 Å². The Balaban J connectivity index is 1.88. The fourth-order valence-electron chi connectivity index (χ4n) is 4.26. The van der Waals surface area contributed by atoms with E-state index in [1.165, 1.54) is 4.90 Å². The van der Waals surface area contributed by atoms with E-state index in [9.17, 15) is 18.0 Å². The maximum Gasteiger partial charge on any atom is 0.244 e. The molecule has 1 fully saturated rings. The Kier molecular flexibility index (Phi) is 8.99. The number of sulfonamides is 1. The second-order valence-corrected chi connectivity index (χ2v) is 12.1. The molecular weight excluding hydrogens is 530 g/mol. The molecule has 1 atom stereocenters. The van der Waals surface area contributed by atoms with E-state index >= 15 is 0 Å². The van der Waals surface area contributed by atoms with Crippen LogP contribution < -0.4 is 9.62 Å². The standard InChI is InChI=1S/C26H34BrN3O4S/c1-18-9-11-21(12-10-18)16-29(20(3)26(32)28-22-7-5-6-8-22)25(31)17-30(35(4,33)34)23-13-14-24(27)19(2)15-23/h9-15,20,22H,5-8,16-17H2,1-4H3,(H,28,32)/t20-/m1/s1. The number of halogens is 1. The highest BCUT2D eigenvalue weighted by Crippen LogP contribution is 2.25. The van der Waals surface area contributed by atoms with Crippen molar-refractivity contribution in [2.45, 2.75) is 65.1 Å². The van der Waals surface area contributed by atoms with Crippen LogP contribution in [0.5, 0.6) is 0 Å². The topological polar surface area (TPSA) is 86.8 Å². The minimum absolute atomic E-state index is 0.125. The molecule has 35 heavy (non-hydrogen) atoms. The molecule has 3 rings (SSSR count). The molecule has 2 aromatic carbocycles. The summed E-state index contributed by atoms with van der Waals surface area (Å²) in [6, 6.07) is 12.3. The molecule has 1 aliphatic carbocycles. The number of anilines is 1. The lowest BCUT2D eigenvalue weighted by atomic mass is 10.1.